The van der Waals surface area contributed by atoms with E-state index in [1.54, 1.807) is 17.3 Å². The van der Waals surface area contributed by atoms with Gasteiger partial charge in [0.1, 0.15) is 0 Å². The number of carbonyl (C=O) groups is 3. The van der Waals surface area contributed by atoms with Gasteiger partial charge in [-0.2, -0.15) is 13.2 Å². The Morgan fingerprint density at radius 3 is 2.27 bits per heavy atom. The fourth-order valence-corrected chi connectivity index (χ4v) is 4.95. The van der Waals surface area contributed by atoms with Crippen LogP contribution in [0.15, 0.2) is 54.9 Å². The first-order valence-electron chi connectivity index (χ1n) is 12.3. The molecule has 4 heterocycles. The predicted molar refractivity (Wildman–Crippen MR) is 134 cm³/mol. The van der Waals surface area contributed by atoms with Crippen LogP contribution < -0.4 is 0 Å². The minimum atomic E-state index is -5.08. The molecule has 5 rings (SSSR count). The molecule has 11 nitrogen and oxygen atoms in total. The van der Waals surface area contributed by atoms with Crippen LogP contribution in [-0.4, -0.2) is 85.5 Å². The number of pyridine rings is 1. The number of halogens is 3. The minimum absolute atomic E-state index is 0.119. The minimum Gasteiger partial charge on any atom is -0.475 e. The van der Waals surface area contributed by atoms with Crippen molar-refractivity contribution in [2.24, 2.45) is 0 Å². The van der Waals surface area contributed by atoms with Crippen molar-refractivity contribution in [3.63, 3.8) is 0 Å². The van der Waals surface area contributed by atoms with E-state index in [1.165, 1.54) is 7.11 Å². The van der Waals surface area contributed by atoms with Crippen LogP contribution in [-0.2, 0) is 32.8 Å². The molecule has 1 N–H and O–H groups in total. The van der Waals surface area contributed by atoms with Crippen LogP contribution >= 0.6 is 0 Å². The summed E-state index contributed by atoms with van der Waals surface area (Å²) in [5, 5.41) is 16.0. The highest BCUT2D eigenvalue weighted by atomic mass is 19.4. The van der Waals surface area contributed by atoms with E-state index >= 15 is 0 Å². The summed E-state index contributed by atoms with van der Waals surface area (Å²) < 4.78 is 38.9. The Balaban J connectivity index is 0.000000470. The Hall–Kier alpha value is -4.49. The topological polar surface area (TPSA) is 131 Å². The van der Waals surface area contributed by atoms with Crippen molar-refractivity contribution in [1.82, 2.24) is 29.5 Å². The monoisotopic (exact) mass is 560 g/mol. The number of hydrogen-bond donors (Lipinski definition) is 1. The summed E-state index contributed by atoms with van der Waals surface area (Å²) in [5.74, 6) is -1.18. The van der Waals surface area contributed by atoms with Gasteiger partial charge in [0.25, 0.3) is 0 Å². The molecule has 0 bridgehead atoms. The van der Waals surface area contributed by atoms with E-state index in [4.69, 9.17) is 14.6 Å². The molecule has 0 saturated carbocycles. The SMILES string of the molecule is COC(=O)N1Cc2nnc(-c3cccnc3)n2C2(CCN(C(=O)Cc3ccccc3)CC2)C1.O=C(O)C(F)(F)F. The average molecular weight is 561 g/mol. The molecular weight excluding hydrogens is 533 g/mol. The number of carboxylic acids is 1. The maximum absolute atomic E-state index is 12.9. The molecule has 2 amide bonds. The van der Waals surface area contributed by atoms with E-state index < -0.39 is 17.7 Å². The van der Waals surface area contributed by atoms with Crippen molar-refractivity contribution in [2.45, 2.75) is 37.5 Å². The molecule has 2 aliphatic rings. The van der Waals surface area contributed by atoms with Crippen LogP contribution in [0.1, 0.15) is 24.2 Å². The third kappa shape index (κ3) is 6.21. The summed E-state index contributed by atoms with van der Waals surface area (Å²) in [5.41, 5.74) is 1.47. The highest BCUT2D eigenvalue weighted by molar-refractivity contribution is 5.79. The number of nitrogens with zero attached hydrogens (tertiary/aromatic N) is 6. The number of aliphatic carboxylic acids is 1. The zero-order valence-corrected chi connectivity index (χ0v) is 21.5. The summed E-state index contributed by atoms with van der Waals surface area (Å²) in [4.78, 5) is 42.1. The summed E-state index contributed by atoms with van der Waals surface area (Å²) in [7, 11) is 1.39. The molecule has 2 aliphatic heterocycles. The van der Waals surface area contributed by atoms with Crippen molar-refractivity contribution in [3.05, 3.63) is 66.2 Å². The van der Waals surface area contributed by atoms with Crippen LogP contribution in [0, 0.1) is 0 Å². The number of methoxy groups -OCH3 is 1. The number of likely N-dealkylation sites (tertiary alicyclic amines) is 1. The number of amides is 2. The second-order valence-electron chi connectivity index (χ2n) is 9.41. The molecule has 212 valence electrons. The lowest BCUT2D eigenvalue weighted by molar-refractivity contribution is -0.192. The van der Waals surface area contributed by atoms with Gasteiger partial charge in [-0.1, -0.05) is 30.3 Å². The number of benzene rings is 1. The molecule has 1 saturated heterocycles. The van der Waals surface area contributed by atoms with Crippen LogP contribution in [0.3, 0.4) is 0 Å². The molecule has 0 radical (unpaired) electrons. The first-order chi connectivity index (χ1) is 19.0. The Morgan fingerprint density at radius 2 is 1.70 bits per heavy atom. The molecule has 3 aromatic rings. The third-order valence-electron chi connectivity index (χ3n) is 6.86. The molecule has 40 heavy (non-hydrogen) atoms. The Bertz CT molecular complexity index is 1340. The number of carboxylic acid groups (broad SMARTS) is 1. The highest BCUT2D eigenvalue weighted by Crippen LogP contribution is 2.39. The predicted octanol–water partition coefficient (Wildman–Crippen LogP) is 3.12. The van der Waals surface area contributed by atoms with Crippen molar-refractivity contribution in [3.8, 4) is 11.4 Å². The third-order valence-corrected chi connectivity index (χ3v) is 6.86. The number of carbonyl (C=O) groups excluding carboxylic acids is 2. The summed E-state index contributed by atoms with van der Waals surface area (Å²) in [6, 6.07) is 13.6. The maximum atomic E-state index is 12.9. The molecular formula is C26H27F3N6O5. The molecule has 14 heteroatoms. The van der Waals surface area contributed by atoms with Crippen molar-refractivity contribution in [1.29, 1.82) is 0 Å². The lowest BCUT2D eigenvalue weighted by Crippen LogP contribution is -2.57. The summed E-state index contributed by atoms with van der Waals surface area (Å²) in [6.07, 6.45) is -0.188. The van der Waals surface area contributed by atoms with E-state index in [1.807, 2.05) is 47.4 Å². The molecule has 1 aromatic carbocycles. The number of ether oxygens (including phenoxy) is 1. The number of rotatable bonds is 3. The maximum Gasteiger partial charge on any atom is 0.490 e. The van der Waals surface area contributed by atoms with E-state index in [2.05, 4.69) is 19.7 Å². The molecule has 2 aromatic heterocycles. The van der Waals surface area contributed by atoms with Gasteiger partial charge < -0.3 is 19.3 Å². The van der Waals surface area contributed by atoms with Gasteiger partial charge in [0.15, 0.2) is 11.6 Å². The number of fused-ring (bicyclic) bond motifs is 2. The Labute approximate surface area is 227 Å². The Morgan fingerprint density at radius 1 is 1.02 bits per heavy atom. The summed E-state index contributed by atoms with van der Waals surface area (Å²) in [6.45, 7) is 2.02. The van der Waals surface area contributed by atoms with Crippen LogP contribution in [0.2, 0.25) is 0 Å². The fourth-order valence-electron chi connectivity index (χ4n) is 4.95. The molecule has 0 unspecified atom stereocenters. The standard InChI is InChI=1S/C24H26N6O3.C2HF3O2/c1-33-23(32)29-16-20-26-27-22(19-8-5-11-25-15-19)30(20)24(17-29)9-12-28(13-10-24)21(31)14-18-6-3-2-4-7-18;3-2(4,5)1(6)7/h2-8,11,15H,9-10,12-14,16-17H2,1H3;(H,6,7). The van der Waals surface area contributed by atoms with Crippen molar-refractivity contribution >= 4 is 18.0 Å². The van der Waals surface area contributed by atoms with Gasteiger partial charge in [-0.25, -0.2) is 9.59 Å². The zero-order valence-electron chi connectivity index (χ0n) is 21.5. The fraction of sp³-hybridized carbons (Fsp3) is 0.385. The normalized spacial score (nSPS) is 16.0. The first kappa shape index (κ1) is 28.5. The van der Waals surface area contributed by atoms with E-state index in [-0.39, 0.29) is 12.0 Å². The average Bonchev–Trinajstić information content (AvgIpc) is 3.39. The van der Waals surface area contributed by atoms with Gasteiger partial charge in [0.05, 0.1) is 25.6 Å². The van der Waals surface area contributed by atoms with Crippen LogP contribution in [0.25, 0.3) is 11.4 Å². The van der Waals surface area contributed by atoms with Gasteiger partial charge in [-0.15, -0.1) is 10.2 Å². The zero-order chi connectivity index (χ0) is 28.9. The van der Waals surface area contributed by atoms with Crippen molar-refractivity contribution in [2.75, 3.05) is 26.7 Å². The number of hydrogen-bond acceptors (Lipinski definition) is 7. The second kappa shape index (κ2) is 11.7. The number of aromatic nitrogens is 4. The lowest BCUT2D eigenvalue weighted by Gasteiger charge is -2.48. The largest absolute Gasteiger partial charge is 0.490 e. The Kier molecular flexibility index (Phi) is 8.35. The van der Waals surface area contributed by atoms with E-state index in [9.17, 15) is 22.8 Å². The number of alkyl halides is 3. The molecule has 1 fully saturated rings. The van der Waals surface area contributed by atoms with Gasteiger partial charge in [-0.05, 0) is 30.5 Å². The van der Waals surface area contributed by atoms with Crippen LogP contribution in [0.5, 0.6) is 0 Å². The molecule has 0 atom stereocenters. The number of piperidine rings is 1. The molecule has 0 aliphatic carbocycles. The van der Waals surface area contributed by atoms with Gasteiger partial charge in [0, 0.05) is 37.6 Å². The van der Waals surface area contributed by atoms with E-state index in [0.29, 0.717) is 45.4 Å². The summed E-state index contributed by atoms with van der Waals surface area (Å²) >= 11 is 0. The van der Waals surface area contributed by atoms with Gasteiger partial charge in [0.2, 0.25) is 5.91 Å². The smallest absolute Gasteiger partial charge is 0.475 e. The van der Waals surface area contributed by atoms with Gasteiger partial charge in [-0.3, -0.25) is 14.7 Å². The van der Waals surface area contributed by atoms with E-state index in [0.717, 1.165) is 22.8 Å². The second-order valence-corrected chi connectivity index (χ2v) is 9.41. The van der Waals surface area contributed by atoms with Crippen LogP contribution in [0.4, 0.5) is 18.0 Å². The first-order valence-corrected chi connectivity index (χ1v) is 12.3. The lowest BCUT2D eigenvalue weighted by atomic mass is 9.84. The molecule has 1 spiro atoms. The van der Waals surface area contributed by atoms with Crippen molar-refractivity contribution < 1.29 is 37.4 Å². The highest BCUT2D eigenvalue weighted by Gasteiger charge is 2.46. The van der Waals surface area contributed by atoms with Gasteiger partial charge >= 0.3 is 18.2 Å². The quantitative estimate of drug-likeness (QED) is 0.517.